The monoisotopic (exact) mass is 421 g/mol. The fraction of sp³-hybridized carbons (Fsp3) is 0.250. The van der Waals surface area contributed by atoms with E-state index in [9.17, 15) is 4.79 Å². The standard InChI is InChI=1S/C24H22FN2O2S/c1-29-20-8-7-19-22(17-9-12-30-23(17)24(28)26-19)21(20)15-5-6-16(18(25)13-15)14-27-10-3-2-4-11-27/h2,5-9,12-13H,3-4,10-11,14H2,1H3,(H,26,28). The van der Waals surface area contributed by atoms with E-state index in [1.807, 2.05) is 35.7 Å². The summed E-state index contributed by atoms with van der Waals surface area (Å²) in [6.45, 7) is 2.57. The maximum Gasteiger partial charge on any atom is 0.266 e. The fourth-order valence-corrected chi connectivity index (χ4v) is 5.11. The predicted molar refractivity (Wildman–Crippen MR) is 121 cm³/mol. The molecule has 4 aromatic rings. The van der Waals surface area contributed by atoms with Crippen LogP contribution < -0.4 is 10.3 Å². The molecule has 153 valence electrons. The molecule has 1 aliphatic heterocycles. The molecule has 0 amide bonds. The van der Waals surface area contributed by atoms with E-state index in [2.05, 4.69) is 16.3 Å². The number of rotatable bonds is 4. The van der Waals surface area contributed by atoms with Crippen LogP contribution in [0.5, 0.6) is 5.75 Å². The molecule has 2 aromatic heterocycles. The molecule has 2 aromatic carbocycles. The number of fused-ring (bicyclic) bond motifs is 3. The lowest BCUT2D eigenvalue weighted by Crippen LogP contribution is -2.29. The van der Waals surface area contributed by atoms with Crippen molar-refractivity contribution in [3.8, 4) is 16.9 Å². The second-order valence-corrected chi connectivity index (χ2v) is 8.55. The van der Waals surface area contributed by atoms with E-state index in [-0.39, 0.29) is 11.4 Å². The third-order valence-corrected chi connectivity index (χ3v) is 6.72. The average Bonchev–Trinajstić information content (AvgIpc) is 3.26. The molecule has 0 bridgehead atoms. The summed E-state index contributed by atoms with van der Waals surface area (Å²) in [4.78, 5) is 17.6. The average molecular weight is 422 g/mol. The Labute approximate surface area is 177 Å². The van der Waals surface area contributed by atoms with Crippen molar-refractivity contribution in [1.29, 1.82) is 0 Å². The summed E-state index contributed by atoms with van der Waals surface area (Å²) in [6.07, 6.45) is 4.40. The number of nitrogens with zero attached hydrogens (tertiary/aromatic N) is 1. The van der Waals surface area contributed by atoms with Crippen LogP contribution in [0.1, 0.15) is 18.4 Å². The van der Waals surface area contributed by atoms with Crippen LogP contribution >= 0.6 is 11.3 Å². The second kappa shape index (κ2) is 7.85. The topological polar surface area (TPSA) is 45.3 Å². The van der Waals surface area contributed by atoms with Crippen LogP contribution in [-0.2, 0) is 6.54 Å². The molecule has 4 nitrogen and oxygen atoms in total. The van der Waals surface area contributed by atoms with Gasteiger partial charge in [-0.15, -0.1) is 11.3 Å². The molecule has 1 radical (unpaired) electrons. The predicted octanol–water partition coefficient (Wildman–Crippen LogP) is 5.36. The zero-order chi connectivity index (χ0) is 20.7. The zero-order valence-electron chi connectivity index (χ0n) is 16.7. The van der Waals surface area contributed by atoms with E-state index in [0.29, 0.717) is 22.6 Å². The Bertz CT molecular complexity index is 1290. The first-order valence-electron chi connectivity index (χ1n) is 10.1. The second-order valence-electron chi connectivity index (χ2n) is 7.63. The van der Waals surface area contributed by atoms with E-state index in [0.717, 1.165) is 53.3 Å². The van der Waals surface area contributed by atoms with Crippen LogP contribution in [0, 0.1) is 12.2 Å². The highest BCUT2D eigenvalue weighted by Crippen LogP contribution is 2.40. The van der Waals surface area contributed by atoms with Crippen molar-refractivity contribution in [3.05, 3.63) is 69.9 Å². The molecule has 1 N–H and O–H groups in total. The summed E-state index contributed by atoms with van der Waals surface area (Å²) in [6, 6.07) is 11.0. The maximum absolute atomic E-state index is 15.1. The minimum Gasteiger partial charge on any atom is -0.496 e. The van der Waals surface area contributed by atoms with Crippen LogP contribution in [-0.4, -0.2) is 30.1 Å². The maximum atomic E-state index is 15.1. The van der Waals surface area contributed by atoms with E-state index in [1.165, 1.54) is 11.3 Å². The summed E-state index contributed by atoms with van der Waals surface area (Å²) in [5.41, 5.74) is 2.85. The number of methoxy groups -OCH3 is 1. The van der Waals surface area contributed by atoms with Crippen LogP contribution in [0.3, 0.4) is 0 Å². The Morgan fingerprint density at radius 3 is 2.77 bits per heavy atom. The van der Waals surface area contributed by atoms with E-state index in [1.54, 1.807) is 13.2 Å². The normalized spacial score (nSPS) is 15.1. The van der Waals surface area contributed by atoms with Crippen molar-refractivity contribution in [1.82, 2.24) is 9.88 Å². The third-order valence-electron chi connectivity index (χ3n) is 5.81. The number of hydrogen-bond acceptors (Lipinski definition) is 4. The summed E-state index contributed by atoms with van der Waals surface area (Å²) >= 11 is 1.40. The van der Waals surface area contributed by atoms with Gasteiger partial charge in [-0.1, -0.05) is 12.1 Å². The van der Waals surface area contributed by atoms with E-state index < -0.39 is 0 Å². The van der Waals surface area contributed by atoms with Gasteiger partial charge in [0.2, 0.25) is 0 Å². The highest BCUT2D eigenvalue weighted by molar-refractivity contribution is 7.17. The molecule has 1 fully saturated rings. The molecule has 1 saturated heterocycles. The number of halogens is 1. The number of aromatic amines is 1. The number of benzene rings is 2. The van der Waals surface area contributed by atoms with Gasteiger partial charge in [-0.3, -0.25) is 9.69 Å². The molecular weight excluding hydrogens is 399 g/mol. The van der Waals surface area contributed by atoms with Gasteiger partial charge in [0.25, 0.3) is 5.56 Å². The van der Waals surface area contributed by atoms with Crippen molar-refractivity contribution in [2.75, 3.05) is 20.2 Å². The molecule has 1 aliphatic rings. The number of piperidine rings is 1. The SMILES string of the molecule is COc1ccc2[nH]c(=O)c3sccc3c2c1-c1ccc(CN2CC[CH]CC2)c(F)c1. The van der Waals surface area contributed by atoms with Crippen LogP contribution in [0.2, 0.25) is 0 Å². The van der Waals surface area contributed by atoms with Crippen LogP contribution in [0.15, 0.2) is 46.6 Å². The number of H-pyrrole nitrogens is 1. The van der Waals surface area contributed by atoms with Gasteiger partial charge in [-0.25, -0.2) is 4.39 Å². The van der Waals surface area contributed by atoms with Crippen molar-refractivity contribution >= 4 is 32.3 Å². The lowest BCUT2D eigenvalue weighted by Gasteiger charge is -2.26. The molecule has 3 heterocycles. The Balaban J connectivity index is 1.66. The molecule has 0 aliphatic carbocycles. The van der Waals surface area contributed by atoms with Crippen molar-refractivity contribution in [3.63, 3.8) is 0 Å². The summed E-state index contributed by atoms with van der Waals surface area (Å²) in [5.74, 6) is 0.438. The molecule has 30 heavy (non-hydrogen) atoms. The lowest BCUT2D eigenvalue weighted by atomic mass is 9.96. The molecule has 0 atom stereocenters. The molecular formula is C24H22FN2O2S. The highest BCUT2D eigenvalue weighted by Gasteiger charge is 2.18. The largest absolute Gasteiger partial charge is 0.496 e. The van der Waals surface area contributed by atoms with Gasteiger partial charge >= 0.3 is 0 Å². The Hall–Kier alpha value is -2.70. The first kappa shape index (κ1) is 19.3. The number of hydrogen-bond donors (Lipinski definition) is 1. The van der Waals surface area contributed by atoms with Gasteiger partial charge in [0.1, 0.15) is 16.3 Å². The minimum atomic E-state index is -0.216. The summed E-state index contributed by atoms with van der Waals surface area (Å²) < 4.78 is 21.4. The van der Waals surface area contributed by atoms with Gasteiger partial charge < -0.3 is 9.72 Å². The Morgan fingerprint density at radius 2 is 2.00 bits per heavy atom. The Kier molecular flexibility index (Phi) is 5.05. The quantitative estimate of drug-likeness (QED) is 0.483. The lowest BCUT2D eigenvalue weighted by molar-refractivity contribution is 0.243. The number of nitrogens with one attached hydrogen (secondary N) is 1. The zero-order valence-corrected chi connectivity index (χ0v) is 17.5. The molecule has 5 rings (SSSR count). The number of aromatic nitrogens is 1. The van der Waals surface area contributed by atoms with E-state index >= 15 is 4.39 Å². The van der Waals surface area contributed by atoms with Crippen LogP contribution in [0.4, 0.5) is 4.39 Å². The van der Waals surface area contributed by atoms with Gasteiger partial charge in [-0.2, -0.15) is 0 Å². The molecule has 6 heteroatoms. The van der Waals surface area contributed by atoms with Crippen molar-refractivity contribution in [2.24, 2.45) is 0 Å². The first-order chi connectivity index (χ1) is 14.7. The summed E-state index contributed by atoms with van der Waals surface area (Å²) in [7, 11) is 1.61. The fourth-order valence-electron chi connectivity index (χ4n) is 4.32. The third kappa shape index (κ3) is 3.30. The highest BCUT2D eigenvalue weighted by atomic mass is 32.1. The minimum absolute atomic E-state index is 0.107. The first-order valence-corrected chi connectivity index (χ1v) is 11.0. The van der Waals surface area contributed by atoms with Crippen molar-refractivity contribution < 1.29 is 9.13 Å². The molecule has 0 spiro atoms. The van der Waals surface area contributed by atoms with Gasteiger partial charge in [0.15, 0.2) is 0 Å². The van der Waals surface area contributed by atoms with Crippen molar-refractivity contribution in [2.45, 2.75) is 19.4 Å². The number of likely N-dealkylation sites (tertiary alicyclic amines) is 1. The van der Waals surface area contributed by atoms with Gasteiger partial charge in [0, 0.05) is 34.0 Å². The van der Waals surface area contributed by atoms with Crippen LogP contribution in [0.25, 0.3) is 32.1 Å². The smallest absolute Gasteiger partial charge is 0.266 e. The summed E-state index contributed by atoms with van der Waals surface area (Å²) in [5, 5.41) is 3.65. The number of thiophene rings is 1. The molecule has 0 unspecified atom stereocenters. The van der Waals surface area contributed by atoms with Gasteiger partial charge in [0.05, 0.1) is 7.11 Å². The Morgan fingerprint density at radius 1 is 1.17 bits per heavy atom. The molecule has 0 saturated carbocycles. The number of ether oxygens (including phenoxy) is 1. The van der Waals surface area contributed by atoms with E-state index in [4.69, 9.17) is 4.74 Å². The number of pyridine rings is 1. The van der Waals surface area contributed by atoms with Gasteiger partial charge in [-0.05, 0) is 67.6 Å².